The van der Waals surface area contributed by atoms with E-state index in [9.17, 15) is 5.11 Å². The number of piperazine rings is 1. The van der Waals surface area contributed by atoms with Gasteiger partial charge in [-0.05, 0) is 24.7 Å². The topological polar surface area (TPSA) is 125 Å². The van der Waals surface area contributed by atoms with E-state index in [0.29, 0.717) is 12.2 Å². The first kappa shape index (κ1) is 17.9. The number of nitrogens with two attached hydrogens (primary N) is 1. The largest absolute Gasteiger partial charge is 0.387 e. The average Bonchev–Trinajstić information content (AvgIpc) is 2.57. The highest BCUT2D eigenvalue weighted by molar-refractivity contribution is 6.45. The van der Waals surface area contributed by atoms with Crippen LogP contribution in [0.25, 0.3) is 0 Å². The summed E-state index contributed by atoms with van der Waals surface area (Å²) < 4.78 is 0. The molecule has 1 aromatic rings. The van der Waals surface area contributed by atoms with Gasteiger partial charge in [0.25, 0.3) is 0 Å². The molecule has 1 aliphatic rings. The van der Waals surface area contributed by atoms with Crippen molar-refractivity contribution in [3.8, 4) is 6.07 Å². The molecule has 1 aromatic carbocycles. The fourth-order valence-corrected chi connectivity index (χ4v) is 2.43. The Bertz CT molecular complexity index is 627. The number of hydrazone groups is 1. The molecule has 2 rings (SSSR count). The monoisotopic (exact) mass is 329 g/mol. The van der Waals surface area contributed by atoms with Crippen LogP contribution in [-0.2, 0) is 0 Å². The Balaban J connectivity index is 1.91. The van der Waals surface area contributed by atoms with Crippen molar-refractivity contribution in [2.24, 2.45) is 10.8 Å². The molecule has 24 heavy (non-hydrogen) atoms. The molecule has 5 N–H and O–H groups in total. The number of benzene rings is 1. The minimum atomic E-state index is -0.544. The van der Waals surface area contributed by atoms with Crippen LogP contribution < -0.4 is 11.2 Å². The second-order valence-electron chi connectivity index (χ2n) is 5.84. The van der Waals surface area contributed by atoms with Gasteiger partial charge < -0.3 is 15.7 Å². The highest BCUT2D eigenvalue weighted by Gasteiger charge is 2.17. The number of β-amino-alcohol motifs (C(OH)–C–C–N with tert-alkyl or cyclic N) is 1. The van der Waals surface area contributed by atoms with Gasteiger partial charge >= 0.3 is 0 Å². The van der Waals surface area contributed by atoms with Gasteiger partial charge in [-0.15, -0.1) is 0 Å². The lowest BCUT2D eigenvalue weighted by molar-refractivity contribution is 0.0805. The fraction of sp³-hybridized carbons (Fsp3) is 0.438. The van der Waals surface area contributed by atoms with Gasteiger partial charge in [0.2, 0.25) is 5.71 Å². The van der Waals surface area contributed by atoms with Crippen molar-refractivity contribution in [2.45, 2.75) is 6.10 Å². The van der Waals surface area contributed by atoms with Crippen molar-refractivity contribution in [2.75, 3.05) is 45.2 Å². The molecular weight excluding hydrogens is 306 g/mol. The lowest BCUT2D eigenvalue weighted by Crippen LogP contribution is -2.45. The predicted octanol–water partition coefficient (Wildman–Crippen LogP) is 0.195. The highest BCUT2D eigenvalue weighted by Crippen LogP contribution is 2.18. The van der Waals surface area contributed by atoms with E-state index in [-0.39, 0.29) is 11.5 Å². The summed E-state index contributed by atoms with van der Waals surface area (Å²) in [7, 11) is 2.10. The maximum absolute atomic E-state index is 10.4. The van der Waals surface area contributed by atoms with Crippen LogP contribution in [0.4, 0.5) is 5.69 Å². The molecule has 0 amide bonds. The minimum Gasteiger partial charge on any atom is -0.387 e. The molecular formula is C16H23N7O. The SMILES string of the molecule is CN1CCN(CC(O)c2ccc(N/N=C(\C#N)C(=N)N)cc2)CC1. The number of rotatable bonds is 6. The Morgan fingerprint density at radius 1 is 1.38 bits per heavy atom. The lowest BCUT2D eigenvalue weighted by Gasteiger charge is -2.33. The van der Waals surface area contributed by atoms with Crippen LogP contribution in [-0.4, -0.2) is 66.2 Å². The number of likely N-dealkylation sites (N-methyl/N-ethyl adjacent to an activating group) is 1. The van der Waals surface area contributed by atoms with Gasteiger partial charge in [0.1, 0.15) is 6.07 Å². The van der Waals surface area contributed by atoms with Crippen LogP contribution in [0.2, 0.25) is 0 Å². The number of nitriles is 1. The zero-order valence-corrected chi connectivity index (χ0v) is 13.7. The van der Waals surface area contributed by atoms with Gasteiger partial charge in [-0.3, -0.25) is 15.7 Å². The van der Waals surface area contributed by atoms with E-state index >= 15 is 0 Å². The normalized spacial score (nSPS) is 18.0. The summed E-state index contributed by atoms with van der Waals surface area (Å²) in [4.78, 5) is 4.54. The quantitative estimate of drug-likeness (QED) is 0.335. The Hall–Kier alpha value is -2.47. The first-order chi connectivity index (χ1) is 11.5. The first-order valence-electron chi connectivity index (χ1n) is 7.76. The standard InChI is InChI=1S/C16H23N7O/c1-22-6-8-23(9-7-22)11-15(24)12-2-4-13(5-3-12)20-21-14(10-17)16(18)19/h2-5,15,20,24H,6-9,11H2,1H3,(H3,18,19)/b21-14+. The zero-order chi connectivity index (χ0) is 17.5. The minimum absolute atomic E-state index is 0.172. The number of nitrogens with zero attached hydrogens (tertiary/aromatic N) is 4. The number of hydrogen-bond donors (Lipinski definition) is 4. The molecule has 1 aliphatic heterocycles. The molecule has 0 aliphatic carbocycles. The molecule has 0 spiro atoms. The molecule has 128 valence electrons. The summed E-state index contributed by atoms with van der Waals surface area (Å²) in [6.45, 7) is 4.57. The van der Waals surface area contributed by atoms with E-state index in [1.165, 1.54) is 0 Å². The van der Waals surface area contributed by atoms with Crippen LogP contribution >= 0.6 is 0 Å². The van der Waals surface area contributed by atoms with Crippen molar-refractivity contribution in [3.63, 3.8) is 0 Å². The van der Waals surface area contributed by atoms with E-state index in [1.807, 2.05) is 12.1 Å². The molecule has 1 unspecified atom stereocenters. The van der Waals surface area contributed by atoms with E-state index in [4.69, 9.17) is 16.4 Å². The Kier molecular flexibility index (Phi) is 6.26. The summed E-state index contributed by atoms with van der Waals surface area (Å²) in [6, 6.07) is 8.90. The number of aliphatic hydroxyl groups is 1. The molecule has 0 bridgehead atoms. The van der Waals surface area contributed by atoms with Crippen LogP contribution in [0.15, 0.2) is 29.4 Å². The molecule has 8 heteroatoms. The van der Waals surface area contributed by atoms with Crippen LogP contribution in [0, 0.1) is 16.7 Å². The molecule has 1 saturated heterocycles. The summed E-state index contributed by atoms with van der Waals surface area (Å²) in [6.07, 6.45) is -0.544. The summed E-state index contributed by atoms with van der Waals surface area (Å²) in [5.74, 6) is -0.385. The average molecular weight is 329 g/mol. The van der Waals surface area contributed by atoms with Gasteiger partial charge in [-0.2, -0.15) is 10.4 Å². The maximum atomic E-state index is 10.4. The zero-order valence-electron chi connectivity index (χ0n) is 13.7. The van der Waals surface area contributed by atoms with Gasteiger partial charge in [0.15, 0.2) is 5.84 Å². The smallest absolute Gasteiger partial charge is 0.201 e. The van der Waals surface area contributed by atoms with E-state index < -0.39 is 6.10 Å². The van der Waals surface area contributed by atoms with Crippen LogP contribution in [0.3, 0.4) is 0 Å². The molecule has 1 fully saturated rings. The van der Waals surface area contributed by atoms with E-state index in [2.05, 4.69) is 27.4 Å². The van der Waals surface area contributed by atoms with E-state index in [1.54, 1.807) is 18.2 Å². The van der Waals surface area contributed by atoms with Gasteiger partial charge in [0, 0.05) is 32.7 Å². The third-order valence-corrected chi connectivity index (χ3v) is 3.98. The molecule has 0 saturated carbocycles. The van der Waals surface area contributed by atoms with Gasteiger partial charge in [-0.25, -0.2) is 0 Å². The Morgan fingerprint density at radius 3 is 2.54 bits per heavy atom. The second-order valence-corrected chi connectivity index (χ2v) is 5.84. The third-order valence-electron chi connectivity index (χ3n) is 3.98. The molecule has 8 nitrogen and oxygen atoms in total. The number of aliphatic hydroxyl groups excluding tert-OH is 1. The van der Waals surface area contributed by atoms with Crippen LogP contribution in [0.1, 0.15) is 11.7 Å². The Labute approximate surface area is 141 Å². The number of amidine groups is 1. The third kappa shape index (κ3) is 5.03. The molecule has 1 atom stereocenters. The number of hydrogen-bond acceptors (Lipinski definition) is 7. The van der Waals surface area contributed by atoms with Crippen molar-refractivity contribution in [3.05, 3.63) is 29.8 Å². The Morgan fingerprint density at radius 2 is 2.00 bits per heavy atom. The molecule has 0 radical (unpaired) electrons. The number of anilines is 1. The number of nitrogens with one attached hydrogen (secondary N) is 2. The first-order valence-corrected chi connectivity index (χ1v) is 7.76. The van der Waals surface area contributed by atoms with Crippen LogP contribution in [0.5, 0.6) is 0 Å². The molecule has 1 heterocycles. The highest BCUT2D eigenvalue weighted by atomic mass is 16.3. The van der Waals surface area contributed by atoms with Gasteiger partial charge in [0.05, 0.1) is 11.8 Å². The summed E-state index contributed by atoms with van der Waals surface area (Å²) in [5.41, 5.74) is 9.21. The maximum Gasteiger partial charge on any atom is 0.201 e. The van der Waals surface area contributed by atoms with Crippen molar-refractivity contribution >= 4 is 17.2 Å². The van der Waals surface area contributed by atoms with E-state index in [0.717, 1.165) is 31.7 Å². The predicted molar refractivity (Wildman–Crippen MR) is 93.9 cm³/mol. The van der Waals surface area contributed by atoms with Gasteiger partial charge in [-0.1, -0.05) is 12.1 Å². The van der Waals surface area contributed by atoms with Crippen molar-refractivity contribution in [1.82, 2.24) is 9.80 Å². The van der Waals surface area contributed by atoms with Crippen molar-refractivity contribution in [1.29, 1.82) is 10.7 Å². The second kappa shape index (κ2) is 8.40. The van der Waals surface area contributed by atoms with Crippen molar-refractivity contribution < 1.29 is 5.11 Å². The summed E-state index contributed by atoms with van der Waals surface area (Å²) >= 11 is 0. The molecule has 0 aromatic heterocycles. The fourth-order valence-electron chi connectivity index (χ4n) is 2.43. The summed E-state index contributed by atoms with van der Waals surface area (Å²) in [5, 5.41) is 30.1. The lowest BCUT2D eigenvalue weighted by atomic mass is 10.1.